The number of hydrogen-bond acceptors (Lipinski definition) is 7. The summed E-state index contributed by atoms with van der Waals surface area (Å²) in [5, 5.41) is 8.09. The van der Waals surface area contributed by atoms with Gasteiger partial charge in [-0.25, -0.2) is 0 Å². The Hall–Kier alpha value is -3.58. The van der Waals surface area contributed by atoms with Gasteiger partial charge in [0.25, 0.3) is 0 Å². The Morgan fingerprint density at radius 1 is 0.611 bits per heavy atom. The van der Waals surface area contributed by atoms with E-state index >= 15 is 0 Å². The van der Waals surface area contributed by atoms with Crippen molar-refractivity contribution in [1.29, 1.82) is 0 Å². The molecule has 4 rings (SSSR count). The monoisotopic (exact) mass is 490 g/mol. The molecule has 7 nitrogen and oxygen atoms in total. The largest absolute Gasteiger partial charge is 0.494 e. The Morgan fingerprint density at radius 3 is 2.28 bits per heavy atom. The predicted octanol–water partition coefficient (Wildman–Crippen LogP) is 5.88. The zero-order valence-electron chi connectivity index (χ0n) is 20.6. The third-order valence-corrected chi connectivity index (χ3v) is 5.77. The molecule has 190 valence electrons. The number of nitrogens with zero attached hydrogens (tertiary/aromatic N) is 2. The standard InChI is InChI=1S/C29H34N2O5/c1-4-8-27(9-5-1)33-18-6-2-3-7-26-23-29(36-31-26)15-12-24-10-13-28(14-11-24)34-22-21-32-19-16-25-17-20-35-30-25/h1,4-5,8-11,13-14,17,20,23H,2-3,6-7,12,15-16,18-19,21-22H2. The number of para-hydroxylation sites is 1. The van der Waals surface area contributed by atoms with E-state index in [-0.39, 0.29) is 0 Å². The van der Waals surface area contributed by atoms with Crippen molar-refractivity contribution in [2.45, 2.75) is 44.9 Å². The first-order valence-electron chi connectivity index (χ1n) is 12.7. The van der Waals surface area contributed by atoms with Crippen LogP contribution in [-0.4, -0.2) is 36.7 Å². The van der Waals surface area contributed by atoms with Crippen LogP contribution in [0.1, 0.15) is 42.0 Å². The molecule has 0 aliphatic carbocycles. The van der Waals surface area contributed by atoms with Gasteiger partial charge in [0.1, 0.15) is 30.1 Å². The van der Waals surface area contributed by atoms with Crippen LogP contribution in [-0.2, 0) is 30.4 Å². The van der Waals surface area contributed by atoms with E-state index in [0.717, 1.165) is 80.2 Å². The van der Waals surface area contributed by atoms with Crippen LogP contribution < -0.4 is 9.47 Å². The number of unbranched alkanes of at least 4 members (excludes halogenated alkanes) is 2. The molecule has 4 aromatic rings. The number of ether oxygens (including phenoxy) is 3. The van der Waals surface area contributed by atoms with Crippen LogP contribution >= 0.6 is 0 Å². The lowest BCUT2D eigenvalue weighted by Crippen LogP contribution is -2.08. The molecule has 2 aromatic heterocycles. The molecule has 0 N–H and O–H groups in total. The minimum Gasteiger partial charge on any atom is -0.494 e. The van der Waals surface area contributed by atoms with E-state index in [4.69, 9.17) is 23.3 Å². The Balaban J connectivity index is 1.04. The molecule has 0 saturated heterocycles. The first-order valence-corrected chi connectivity index (χ1v) is 12.7. The third kappa shape index (κ3) is 9.23. The number of hydrogen-bond donors (Lipinski definition) is 0. The first kappa shape index (κ1) is 25.5. The highest BCUT2D eigenvalue weighted by Gasteiger charge is 2.06. The van der Waals surface area contributed by atoms with Gasteiger partial charge in [-0.3, -0.25) is 0 Å². The Kier molecular flexibility index (Phi) is 10.4. The second-order valence-electron chi connectivity index (χ2n) is 8.60. The summed E-state index contributed by atoms with van der Waals surface area (Å²) in [4.78, 5) is 0. The second kappa shape index (κ2) is 14.7. The average Bonchev–Trinajstić information content (AvgIpc) is 3.60. The van der Waals surface area contributed by atoms with Crippen LogP contribution in [0.2, 0.25) is 0 Å². The molecule has 36 heavy (non-hydrogen) atoms. The first-order chi connectivity index (χ1) is 17.8. The minimum absolute atomic E-state index is 0.513. The summed E-state index contributed by atoms with van der Waals surface area (Å²) >= 11 is 0. The number of aromatic nitrogens is 2. The molecule has 0 radical (unpaired) electrons. The van der Waals surface area contributed by atoms with Gasteiger partial charge in [-0.1, -0.05) is 40.6 Å². The third-order valence-electron chi connectivity index (χ3n) is 5.77. The van der Waals surface area contributed by atoms with Crippen LogP contribution in [0, 0.1) is 0 Å². The summed E-state index contributed by atoms with van der Waals surface area (Å²) in [6.07, 6.45) is 8.20. The maximum Gasteiger partial charge on any atom is 0.137 e. The van der Waals surface area contributed by atoms with Crippen molar-refractivity contribution >= 4 is 0 Å². The molecule has 7 heteroatoms. The average molecular weight is 491 g/mol. The van der Waals surface area contributed by atoms with Crippen molar-refractivity contribution in [2.75, 3.05) is 26.4 Å². The summed E-state index contributed by atoms with van der Waals surface area (Å²) in [6, 6.07) is 22.1. The van der Waals surface area contributed by atoms with Gasteiger partial charge < -0.3 is 23.3 Å². The van der Waals surface area contributed by atoms with E-state index in [2.05, 4.69) is 28.5 Å². The number of benzene rings is 2. The lowest BCUT2D eigenvalue weighted by Gasteiger charge is -2.07. The van der Waals surface area contributed by atoms with E-state index in [1.807, 2.05) is 48.5 Å². The van der Waals surface area contributed by atoms with Crippen LogP contribution in [0.15, 0.2) is 82.0 Å². The number of rotatable bonds is 17. The molecule has 0 aliphatic heterocycles. The quantitative estimate of drug-likeness (QED) is 0.171. The van der Waals surface area contributed by atoms with E-state index in [0.29, 0.717) is 19.8 Å². The topological polar surface area (TPSA) is 79.8 Å². The normalized spacial score (nSPS) is 11.0. The molecule has 0 spiro atoms. The molecule has 2 aromatic carbocycles. The maximum absolute atomic E-state index is 5.75. The van der Waals surface area contributed by atoms with Gasteiger partial charge in [-0.2, -0.15) is 0 Å². The van der Waals surface area contributed by atoms with Crippen molar-refractivity contribution in [3.05, 3.63) is 95.7 Å². The van der Waals surface area contributed by atoms with E-state index in [1.54, 1.807) is 6.26 Å². The van der Waals surface area contributed by atoms with E-state index < -0.39 is 0 Å². The zero-order valence-corrected chi connectivity index (χ0v) is 20.6. The minimum atomic E-state index is 0.513. The van der Waals surface area contributed by atoms with Crippen molar-refractivity contribution in [3.8, 4) is 11.5 Å². The number of aryl methyl sites for hydroxylation is 3. The van der Waals surface area contributed by atoms with E-state index in [9.17, 15) is 0 Å². The fraction of sp³-hybridized carbons (Fsp3) is 0.379. The highest BCUT2D eigenvalue weighted by Crippen LogP contribution is 2.16. The summed E-state index contributed by atoms with van der Waals surface area (Å²) in [5.41, 5.74) is 3.16. The summed E-state index contributed by atoms with van der Waals surface area (Å²) < 4.78 is 27.4. The molecule has 2 heterocycles. The van der Waals surface area contributed by atoms with Crippen LogP contribution in [0.3, 0.4) is 0 Å². The Morgan fingerprint density at radius 2 is 1.44 bits per heavy atom. The van der Waals surface area contributed by atoms with Crippen LogP contribution in [0.4, 0.5) is 0 Å². The molecule has 0 aliphatic rings. The highest BCUT2D eigenvalue weighted by molar-refractivity contribution is 5.27. The van der Waals surface area contributed by atoms with Crippen molar-refractivity contribution in [3.63, 3.8) is 0 Å². The molecule has 0 saturated carbocycles. The molecule has 0 atom stereocenters. The van der Waals surface area contributed by atoms with Crippen LogP contribution in [0.5, 0.6) is 11.5 Å². The fourth-order valence-electron chi connectivity index (χ4n) is 3.77. The molecule has 0 unspecified atom stereocenters. The van der Waals surface area contributed by atoms with Gasteiger partial charge in [-0.15, -0.1) is 0 Å². The molecular weight excluding hydrogens is 456 g/mol. The predicted molar refractivity (Wildman–Crippen MR) is 136 cm³/mol. The SMILES string of the molecule is c1ccc(OCCCCCc2cc(CCc3ccc(OCCOCCc4ccon4)cc3)on2)cc1. The van der Waals surface area contributed by atoms with E-state index in [1.165, 1.54) is 5.56 Å². The van der Waals surface area contributed by atoms with Gasteiger partial charge in [0.2, 0.25) is 0 Å². The van der Waals surface area contributed by atoms with Gasteiger partial charge in [0.05, 0.1) is 31.2 Å². The van der Waals surface area contributed by atoms with Crippen molar-refractivity contribution < 1.29 is 23.3 Å². The fourth-order valence-corrected chi connectivity index (χ4v) is 3.77. The Labute approximate surface area is 212 Å². The van der Waals surface area contributed by atoms with Gasteiger partial charge in [0.15, 0.2) is 0 Å². The van der Waals surface area contributed by atoms with Gasteiger partial charge >= 0.3 is 0 Å². The van der Waals surface area contributed by atoms with Crippen molar-refractivity contribution in [1.82, 2.24) is 10.3 Å². The summed E-state index contributed by atoms with van der Waals surface area (Å²) in [6.45, 7) is 2.40. The van der Waals surface area contributed by atoms with Gasteiger partial charge in [-0.05, 0) is 61.9 Å². The smallest absolute Gasteiger partial charge is 0.137 e. The second-order valence-corrected chi connectivity index (χ2v) is 8.60. The molecule has 0 bridgehead atoms. The van der Waals surface area contributed by atoms with Crippen LogP contribution in [0.25, 0.3) is 0 Å². The zero-order chi connectivity index (χ0) is 24.7. The summed E-state index contributed by atoms with van der Waals surface area (Å²) in [7, 11) is 0. The Bertz CT molecular complexity index is 1090. The molecule has 0 amide bonds. The summed E-state index contributed by atoms with van der Waals surface area (Å²) in [5.74, 6) is 2.71. The highest BCUT2D eigenvalue weighted by atomic mass is 16.5. The lowest BCUT2D eigenvalue weighted by molar-refractivity contribution is 0.102. The van der Waals surface area contributed by atoms with Crippen molar-refractivity contribution in [2.24, 2.45) is 0 Å². The lowest BCUT2D eigenvalue weighted by atomic mass is 10.1. The van der Waals surface area contributed by atoms with Gasteiger partial charge in [0, 0.05) is 25.0 Å². The molecule has 0 fully saturated rings. The maximum atomic E-state index is 5.75. The molecular formula is C29H34N2O5.